The lowest BCUT2D eigenvalue weighted by atomic mass is 10.1. The molecule has 0 unspecified atom stereocenters. The molecule has 0 saturated heterocycles. The number of carbonyl (C=O) groups excluding carboxylic acids is 1. The van der Waals surface area contributed by atoms with Crippen LogP contribution in [-0.4, -0.2) is 32.0 Å². The summed E-state index contributed by atoms with van der Waals surface area (Å²) in [6.45, 7) is 0. The minimum atomic E-state index is -0.448. The summed E-state index contributed by atoms with van der Waals surface area (Å²) in [6.07, 6.45) is 0. The van der Waals surface area contributed by atoms with Crippen LogP contribution in [0.2, 0.25) is 0 Å². The maximum Gasteiger partial charge on any atom is 0.257 e. The van der Waals surface area contributed by atoms with E-state index in [4.69, 9.17) is 4.74 Å². The molecule has 1 aromatic rings. The molecule has 0 saturated carbocycles. The van der Waals surface area contributed by atoms with Crippen molar-refractivity contribution in [2.24, 2.45) is 0 Å². The van der Waals surface area contributed by atoms with E-state index in [0.717, 1.165) is 0 Å². The maximum atomic E-state index is 12.9. The number of carbonyl (C=O) groups is 1. The highest BCUT2D eigenvalue weighted by Crippen LogP contribution is 2.20. The number of hydrogen-bond donors (Lipinski definition) is 0. The Bertz CT molecular complexity index is 350. The van der Waals surface area contributed by atoms with Gasteiger partial charge in [0.05, 0.1) is 12.7 Å². The summed E-state index contributed by atoms with van der Waals surface area (Å²) >= 11 is 0. The van der Waals surface area contributed by atoms with Gasteiger partial charge in [-0.2, -0.15) is 0 Å². The molecule has 76 valence electrons. The van der Waals surface area contributed by atoms with Crippen LogP contribution in [0.4, 0.5) is 4.39 Å². The smallest absolute Gasteiger partial charge is 0.257 e. The standard InChI is InChI=1S/C10H12FNO2/c1-12(2)10(13)8-6-7(11)4-5-9(8)14-3/h4-6H,1-3H3. The summed E-state index contributed by atoms with van der Waals surface area (Å²) in [5.74, 6) is -0.345. The average Bonchev–Trinajstić information content (AvgIpc) is 2.16. The largest absolute Gasteiger partial charge is 0.496 e. The molecule has 1 amide bonds. The molecule has 3 nitrogen and oxygen atoms in total. The van der Waals surface area contributed by atoms with Gasteiger partial charge in [0.1, 0.15) is 11.6 Å². The first-order chi connectivity index (χ1) is 6.56. The van der Waals surface area contributed by atoms with E-state index in [1.807, 2.05) is 0 Å². The Kier molecular flexibility index (Phi) is 3.06. The molecule has 0 aliphatic heterocycles. The topological polar surface area (TPSA) is 29.5 Å². The molecule has 0 spiro atoms. The van der Waals surface area contributed by atoms with Crippen LogP contribution < -0.4 is 4.74 Å². The summed E-state index contributed by atoms with van der Waals surface area (Å²) in [5.41, 5.74) is 0.234. The van der Waals surface area contributed by atoms with E-state index in [1.165, 1.54) is 30.2 Å². The molecule has 0 radical (unpaired) electrons. The van der Waals surface area contributed by atoms with Crippen LogP contribution in [0.15, 0.2) is 18.2 Å². The van der Waals surface area contributed by atoms with Crippen molar-refractivity contribution in [3.05, 3.63) is 29.6 Å². The Morgan fingerprint density at radius 2 is 2.07 bits per heavy atom. The maximum absolute atomic E-state index is 12.9. The first-order valence-electron chi connectivity index (χ1n) is 4.11. The lowest BCUT2D eigenvalue weighted by molar-refractivity contribution is 0.0824. The summed E-state index contributed by atoms with van der Waals surface area (Å²) < 4.78 is 17.8. The van der Waals surface area contributed by atoms with Crippen LogP contribution in [0, 0.1) is 5.82 Å². The third-order valence-corrected chi connectivity index (χ3v) is 1.80. The minimum Gasteiger partial charge on any atom is -0.496 e. The molecule has 0 heterocycles. The second-order valence-electron chi connectivity index (χ2n) is 3.04. The highest BCUT2D eigenvalue weighted by Gasteiger charge is 2.14. The van der Waals surface area contributed by atoms with Gasteiger partial charge < -0.3 is 9.64 Å². The fourth-order valence-corrected chi connectivity index (χ4v) is 1.09. The average molecular weight is 197 g/mol. The molecular formula is C10H12FNO2. The molecule has 1 aromatic carbocycles. The predicted molar refractivity (Wildman–Crippen MR) is 51.0 cm³/mol. The van der Waals surface area contributed by atoms with Crippen LogP contribution >= 0.6 is 0 Å². The first kappa shape index (κ1) is 10.5. The lowest BCUT2D eigenvalue weighted by Crippen LogP contribution is -2.22. The van der Waals surface area contributed by atoms with E-state index in [2.05, 4.69) is 0 Å². The van der Waals surface area contributed by atoms with Crippen LogP contribution in [0.3, 0.4) is 0 Å². The van der Waals surface area contributed by atoms with Gasteiger partial charge in [-0.1, -0.05) is 0 Å². The SMILES string of the molecule is COc1ccc(F)cc1C(=O)N(C)C. The molecule has 14 heavy (non-hydrogen) atoms. The van der Waals surface area contributed by atoms with Gasteiger partial charge >= 0.3 is 0 Å². The molecular weight excluding hydrogens is 185 g/mol. The Morgan fingerprint density at radius 3 is 2.57 bits per heavy atom. The summed E-state index contributed by atoms with van der Waals surface area (Å²) in [5, 5.41) is 0. The van der Waals surface area contributed by atoms with Crippen molar-refractivity contribution < 1.29 is 13.9 Å². The number of benzene rings is 1. The number of rotatable bonds is 2. The van der Waals surface area contributed by atoms with Crippen LogP contribution in [-0.2, 0) is 0 Å². The molecule has 0 fully saturated rings. The fraction of sp³-hybridized carbons (Fsp3) is 0.300. The predicted octanol–water partition coefficient (Wildman–Crippen LogP) is 1.54. The Hall–Kier alpha value is -1.58. The van der Waals surface area contributed by atoms with Crippen molar-refractivity contribution in [1.29, 1.82) is 0 Å². The number of halogens is 1. The lowest BCUT2D eigenvalue weighted by Gasteiger charge is -2.13. The van der Waals surface area contributed by atoms with Gasteiger partial charge in [0.25, 0.3) is 5.91 Å². The van der Waals surface area contributed by atoms with Crippen molar-refractivity contribution in [3.63, 3.8) is 0 Å². The number of amides is 1. The van der Waals surface area contributed by atoms with Gasteiger partial charge in [0.15, 0.2) is 0 Å². The number of hydrogen-bond acceptors (Lipinski definition) is 2. The monoisotopic (exact) mass is 197 g/mol. The second kappa shape index (κ2) is 4.09. The van der Waals surface area contributed by atoms with Crippen molar-refractivity contribution in [3.8, 4) is 5.75 Å². The summed E-state index contributed by atoms with van der Waals surface area (Å²) in [7, 11) is 4.65. The number of methoxy groups -OCH3 is 1. The van der Waals surface area contributed by atoms with E-state index in [0.29, 0.717) is 5.75 Å². The number of nitrogens with zero attached hydrogens (tertiary/aromatic N) is 1. The minimum absolute atomic E-state index is 0.234. The third kappa shape index (κ3) is 2.02. The number of ether oxygens (including phenoxy) is 1. The van der Waals surface area contributed by atoms with Gasteiger partial charge in [-0.3, -0.25) is 4.79 Å². The molecule has 0 aliphatic rings. The molecule has 0 aliphatic carbocycles. The van der Waals surface area contributed by atoms with Crippen LogP contribution in [0.5, 0.6) is 5.75 Å². The first-order valence-corrected chi connectivity index (χ1v) is 4.11. The van der Waals surface area contributed by atoms with Gasteiger partial charge in [0.2, 0.25) is 0 Å². The Balaban J connectivity index is 3.17. The van der Waals surface area contributed by atoms with Gasteiger partial charge in [-0.05, 0) is 18.2 Å². The normalized spacial score (nSPS) is 9.71. The van der Waals surface area contributed by atoms with Crippen molar-refractivity contribution in [1.82, 2.24) is 4.90 Å². The molecule has 0 atom stereocenters. The Morgan fingerprint density at radius 1 is 1.43 bits per heavy atom. The molecule has 0 bridgehead atoms. The van der Waals surface area contributed by atoms with Crippen molar-refractivity contribution >= 4 is 5.91 Å². The van der Waals surface area contributed by atoms with Crippen LogP contribution in [0.1, 0.15) is 10.4 Å². The highest BCUT2D eigenvalue weighted by molar-refractivity contribution is 5.96. The zero-order valence-electron chi connectivity index (χ0n) is 8.37. The molecule has 0 N–H and O–H groups in total. The highest BCUT2D eigenvalue weighted by atomic mass is 19.1. The van der Waals surface area contributed by atoms with E-state index in [-0.39, 0.29) is 11.5 Å². The molecule has 0 aromatic heterocycles. The van der Waals surface area contributed by atoms with E-state index in [1.54, 1.807) is 14.1 Å². The van der Waals surface area contributed by atoms with Gasteiger partial charge in [0, 0.05) is 14.1 Å². The Labute approximate surface area is 82.1 Å². The summed E-state index contributed by atoms with van der Waals surface area (Å²) in [6, 6.07) is 3.86. The third-order valence-electron chi connectivity index (χ3n) is 1.80. The van der Waals surface area contributed by atoms with Crippen molar-refractivity contribution in [2.75, 3.05) is 21.2 Å². The molecule has 4 heteroatoms. The fourth-order valence-electron chi connectivity index (χ4n) is 1.09. The van der Waals surface area contributed by atoms with E-state index >= 15 is 0 Å². The van der Waals surface area contributed by atoms with E-state index < -0.39 is 5.82 Å². The van der Waals surface area contributed by atoms with Crippen molar-refractivity contribution in [2.45, 2.75) is 0 Å². The second-order valence-corrected chi connectivity index (χ2v) is 3.04. The van der Waals surface area contributed by atoms with Gasteiger partial charge in [-0.15, -0.1) is 0 Å². The quantitative estimate of drug-likeness (QED) is 0.719. The van der Waals surface area contributed by atoms with Crippen LogP contribution in [0.25, 0.3) is 0 Å². The molecule has 1 rings (SSSR count). The summed E-state index contributed by atoms with van der Waals surface area (Å²) in [4.78, 5) is 12.9. The van der Waals surface area contributed by atoms with Gasteiger partial charge in [-0.25, -0.2) is 4.39 Å². The van der Waals surface area contributed by atoms with E-state index in [9.17, 15) is 9.18 Å². The zero-order chi connectivity index (χ0) is 10.7. The zero-order valence-corrected chi connectivity index (χ0v) is 8.37.